The molecular weight excluding hydrogens is 355 g/mol. The van der Waals surface area contributed by atoms with Gasteiger partial charge in [-0.15, -0.1) is 0 Å². The van der Waals surface area contributed by atoms with Crippen LogP contribution in [0.3, 0.4) is 0 Å². The molecule has 1 aliphatic rings. The van der Waals surface area contributed by atoms with Gasteiger partial charge in [0, 0.05) is 37.7 Å². The number of hydrogen-bond acceptors (Lipinski definition) is 4. The van der Waals surface area contributed by atoms with Crippen LogP contribution in [0.1, 0.15) is 5.56 Å². The van der Waals surface area contributed by atoms with Gasteiger partial charge in [-0.05, 0) is 29.8 Å². The minimum Gasteiger partial charge on any atom is -0.389 e. The number of piperazine rings is 1. The van der Waals surface area contributed by atoms with Crippen molar-refractivity contribution in [3.63, 3.8) is 0 Å². The summed E-state index contributed by atoms with van der Waals surface area (Å²) in [5.74, 6) is -0.184. The first-order chi connectivity index (χ1) is 12.6. The second-order valence-electron chi connectivity index (χ2n) is 6.53. The lowest BCUT2D eigenvalue weighted by Gasteiger charge is -2.36. The Morgan fingerprint density at radius 3 is 2.42 bits per heavy atom. The van der Waals surface area contributed by atoms with Gasteiger partial charge in [-0.1, -0.05) is 35.9 Å². The zero-order chi connectivity index (χ0) is 18.4. The lowest BCUT2D eigenvalue weighted by molar-refractivity contribution is 0.00912. The summed E-state index contributed by atoms with van der Waals surface area (Å²) in [6, 6.07) is 14.3. The monoisotopic (exact) mass is 378 g/mol. The van der Waals surface area contributed by atoms with E-state index in [1.54, 1.807) is 6.07 Å². The Hall–Kier alpha value is -1.66. The van der Waals surface area contributed by atoms with E-state index in [4.69, 9.17) is 16.3 Å². The molecule has 1 fully saturated rings. The van der Waals surface area contributed by atoms with Gasteiger partial charge in [0.25, 0.3) is 0 Å². The Balaban J connectivity index is 1.37. The highest BCUT2D eigenvalue weighted by molar-refractivity contribution is 6.30. The maximum Gasteiger partial charge on any atom is 0.146 e. The smallest absolute Gasteiger partial charge is 0.146 e. The second-order valence-corrected chi connectivity index (χ2v) is 6.97. The van der Waals surface area contributed by atoms with Crippen molar-refractivity contribution < 1.29 is 14.2 Å². The molecule has 1 atom stereocenters. The van der Waals surface area contributed by atoms with Gasteiger partial charge in [-0.3, -0.25) is 4.90 Å². The van der Waals surface area contributed by atoms with E-state index in [0.717, 1.165) is 31.7 Å². The van der Waals surface area contributed by atoms with Crippen LogP contribution in [-0.4, -0.2) is 55.4 Å². The predicted molar refractivity (Wildman–Crippen MR) is 102 cm³/mol. The molecule has 0 saturated carbocycles. The van der Waals surface area contributed by atoms with Crippen LogP contribution < -0.4 is 4.90 Å². The molecule has 1 saturated heterocycles. The molecule has 0 aliphatic carbocycles. The van der Waals surface area contributed by atoms with Crippen LogP contribution >= 0.6 is 11.6 Å². The maximum absolute atomic E-state index is 13.9. The summed E-state index contributed by atoms with van der Waals surface area (Å²) in [4.78, 5) is 4.24. The van der Waals surface area contributed by atoms with E-state index in [0.29, 0.717) is 23.9 Å². The van der Waals surface area contributed by atoms with Crippen molar-refractivity contribution in [3.8, 4) is 0 Å². The van der Waals surface area contributed by atoms with Gasteiger partial charge in [0.2, 0.25) is 0 Å². The second kappa shape index (κ2) is 9.33. The summed E-state index contributed by atoms with van der Waals surface area (Å²) in [6.07, 6.45) is -0.540. The normalized spacial score (nSPS) is 16.7. The molecule has 0 spiro atoms. The van der Waals surface area contributed by atoms with Gasteiger partial charge in [0.05, 0.1) is 25.0 Å². The van der Waals surface area contributed by atoms with Crippen molar-refractivity contribution >= 4 is 17.3 Å². The molecule has 1 heterocycles. The number of ether oxygens (including phenoxy) is 1. The van der Waals surface area contributed by atoms with E-state index in [1.807, 2.05) is 36.4 Å². The fourth-order valence-corrected chi connectivity index (χ4v) is 3.25. The maximum atomic E-state index is 13.9. The number of aliphatic hydroxyl groups is 1. The molecule has 140 valence electrons. The number of rotatable bonds is 7. The number of halogens is 2. The molecule has 3 rings (SSSR count). The third-order valence-electron chi connectivity index (χ3n) is 4.53. The highest BCUT2D eigenvalue weighted by Crippen LogP contribution is 2.20. The standard InChI is InChI=1S/C20H24ClFN2O2/c21-17-7-5-16(6-8-17)14-26-15-18(25)13-23-9-11-24(12-10-23)20-4-2-1-3-19(20)22/h1-8,18,25H,9-15H2/t18-/m0/s1. The fourth-order valence-electron chi connectivity index (χ4n) is 3.12. The lowest BCUT2D eigenvalue weighted by Crippen LogP contribution is -2.49. The Morgan fingerprint density at radius 1 is 1.04 bits per heavy atom. The zero-order valence-electron chi connectivity index (χ0n) is 14.7. The van der Waals surface area contributed by atoms with Crippen molar-refractivity contribution in [2.75, 3.05) is 44.2 Å². The van der Waals surface area contributed by atoms with Gasteiger partial charge < -0.3 is 14.7 Å². The molecule has 1 aliphatic heterocycles. The van der Waals surface area contributed by atoms with E-state index in [2.05, 4.69) is 9.80 Å². The van der Waals surface area contributed by atoms with Crippen LogP contribution in [0.4, 0.5) is 10.1 Å². The molecule has 2 aromatic rings. The molecular formula is C20H24ClFN2O2. The largest absolute Gasteiger partial charge is 0.389 e. The average Bonchev–Trinajstić information content (AvgIpc) is 2.65. The summed E-state index contributed by atoms with van der Waals surface area (Å²) < 4.78 is 19.5. The predicted octanol–water partition coefficient (Wildman–Crippen LogP) is 3.18. The Kier molecular flexibility index (Phi) is 6.86. The summed E-state index contributed by atoms with van der Waals surface area (Å²) >= 11 is 5.85. The van der Waals surface area contributed by atoms with Gasteiger partial charge >= 0.3 is 0 Å². The molecule has 26 heavy (non-hydrogen) atoms. The molecule has 1 N–H and O–H groups in total. The van der Waals surface area contributed by atoms with Crippen LogP contribution in [0.2, 0.25) is 5.02 Å². The van der Waals surface area contributed by atoms with Gasteiger partial charge in [0.15, 0.2) is 0 Å². The molecule has 0 bridgehead atoms. The zero-order valence-corrected chi connectivity index (χ0v) is 15.4. The summed E-state index contributed by atoms with van der Waals surface area (Å²) in [7, 11) is 0. The number of benzene rings is 2. The highest BCUT2D eigenvalue weighted by atomic mass is 35.5. The average molecular weight is 379 g/mol. The highest BCUT2D eigenvalue weighted by Gasteiger charge is 2.21. The van der Waals surface area contributed by atoms with Crippen LogP contribution in [0, 0.1) is 5.82 Å². The summed E-state index contributed by atoms with van der Waals surface area (Å²) in [6.45, 7) is 4.39. The van der Waals surface area contributed by atoms with Crippen molar-refractivity contribution in [3.05, 3.63) is 64.9 Å². The van der Waals surface area contributed by atoms with Crippen LogP contribution in [0.5, 0.6) is 0 Å². The molecule has 6 heteroatoms. The molecule has 0 radical (unpaired) electrons. The number of anilines is 1. The SMILES string of the molecule is O[C@H](COCc1ccc(Cl)cc1)CN1CCN(c2ccccc2F)CC1. The Labute approximate surface area is 158 Å². The quantitative estimate of drug-likeness (QED) is 0.802. The van der Waals surface area contributed by atoms with E-state index in [9.17, 15) is 9.50 Å². The van der Waals surface area contributed by atoms with Gasteiger partial charge in [-0.2, -0.15) is 0 Å². The first-order valence-electron chi connectivity index (χ1n) is 8.84. The lowest BCUT2D eigenvalue weighted by atomic mass is 10.2. The van der Waals surface area contributed by atoms with E-state index in [1.165, 1.54) is 6.07 Å². The minimum atomic E-state index is -0.540. The minimum absolute atomic E-state index is 0.184. The first kappa shape index (κ1) is 19.1. The topological polar surface area (TPSA) is 35.9 Å². The Morgan fingerprint density at radius 2 is 1.73 bits per heavy atom. The first-order valence-corrected chi connectivity index (χ1v) is 9.21. The fraction of sp³-hybridized carbons (Fsp3) is 0.400. The number of β-amino-alcohol motifs (C(OH)–C–C–N with tert-alkyl or cyclic N) is 1. The molecule has 4 nitrogen and oxygen atoms in total. The number of hydrogen-bond donors (Lipinski definition) is 1. The molecule has 0 unspecified atom stereocenters. The molecule has 0 aromatic heterocycles. The van der Waals surface area contributed by atoms with Gasteiger partial charge in [0.1, 0.15) is 5.82 Å². The number of para-hydroxylation sites is 1. The Bertz CT molecular complexity index is 690. The van der Waals surface area contributed by atoms with Crippen molar-refractivity contribution in [2.24, 2.45) is 0 Å². The van der Waals surface area contributed by atoms with Crippen molar-refractivity contribution in [1.29, 1.82) is 0 Å². The third-order valence-corrected chi connectivity index (χ3v) is 4.78. The number of aliphatic hydroxyl groups excluding tert-OH is 1. The molecule has 2 aromatic carbocycles. The third kappa shape index (κ3) is 5.42. The van der Waals surface area contributed by atoms with E-state index in [-0.39, 0.29) is 12.4 Å². The van der Waals surface area contributed by atoms with Crippen LogP contribution in [-0.2, 0) is 11.3 Å². The van der Waals surface area contributed by atoms with Crippen molar-refractivity contribution in [2.45, 2.75) is 12.7 Å². The van der Waals surface area contributed by atoms with Gasteiger partial charge in [-0.25, -0.2) is 4.39 Å². The summed E-state index contributed by atoms with van der Waals surface area (Å²) in [5, 5.41) is 10.9. The summed E-state index contributed by atoms with van der Waals surface area (Å²) in [5.41, 5.74) is 1.68. The number of nitrogens with zero attached hydrogens (tertiary/aromatic N) is 2. The molecule has 0 amide bonds. The van der Waals surface area contributed by atoms with E-state index < -0.39 is 6.10 Å². The van der Waals surface area contributed by atoms with E-state index >= 15 is 0 Å². The van der Waals surface area contributed by atoms with Crippen molar-refractivity contribution in [1.82, 2.24) is 4.90 Å². The van der Waals surface area contributed by atoms with Crippen LogP contribution in [0.15, 0.2) is 48.5 Å². The van der Waals surface area contributed by atoms with Crippen LogP contribution in [0.25, 0.3) is 0 Å².